The third kappa shape index (κ3) is 1.69. The third-order valence-electron chi connectivity index (χ3n) is 0.970. The predicted octanol–water partition coefficient (Wildman–Crippen LogP) is 1.26. The molecule has 0 aliphatic carbocycles. The summed E-state index contributed by atoms with van der Waals surface area (Å²) in [7, 11) is -2.99. The molecule has 0 unspecified atom stereocenters. The molecular formula is C4H4BrClO2S. The Bertz CT molecular complexity index is 243. The van der Waals surface area contributed by atoms with Crippen molar-refractivity contribution in [3.05, 3.63) is 10.4 Å². The van der Waals surface area contributed by atoms with Crippen LogP contribution in [0.15, 0.2) is 10.4 Å². The van der Waals surface area contributed by atoms with Gasteiger partial charge in [-0.05, 0) is 0 Å². The van der Waals surface area contributed by atoms with Gasteiger partial charge in [0.05, 0.1) is 10.6 Å². The molecule has 0 radical (unpaired) electrons. The maximum absolute atomic E-state index is 10.7. The fourth-order valence-electron chi connectivity index (χ4n) is 0.577. The minimum atomic E-state index is -2.99. The van der Waals surface area contributed by atoms with Crippen LogP contribution in [0.3, 0.4) is 0 Å². The Morgan fingerprint density at radius 1 is 1.78 bits per heavy atom. The van der Waals surface area contributed by atoms with Crippen molar-refractivity contribution >= 4 is 37.4 Å². The average molecular weight is 231 g/mol. The molecule has 0 aromatic carbocycles. The van der Waals surface area contributed by atoms with Crippen molar-refractivity contribution in [2.24, 2.45) is 0 Å². The Labute approximate surface area is 66.9 Å². The van der Waals surface area contributed by atoms with E-state index in [1.807, 2.05) is 0 Å². The van der Waals surface area contributed by atoms with Gasteiger partial charge in [-0.3, -0.25) is 0 Å². The van der Waals surface area contributed by atoms with Crippen LogP contribution in [0.25, 0.3) is 0 Å². The van der Waals surface area contributed by atoms with Crippen molar-refractivity contribution in [2.45, 2.75) is 4.83 Å². The van der Waals surface area contributed by atoms with E-state index in [2.05, 4.69) is 15.9 Å². The minimum absolute atomic E-state index is 0.0891. The van der Waals surface area contributed by atoms with Gasteiger partial charge in [0.1, 0.15) is 0 Å². The van der Waals surface area contributed by atoms with E-state index in [0.717, 1.165) is 5.41 Å². The van der Waals surface area contributed by atoms with E-state index < -0.39 is 9.84 Å². The van der Waals surface area contributed by atoms with E-state index >= 15 is 0 Å². The monoisotopic (exact) mass is 230 g/mol. The summed E-state index contributed by atoms with van der Waals surface area (Å²) < 4.78 is 21.3. The van der Waals surface area contributed by atoms with E-state index in [1.165, 1.54) is 0 Å². The van der Waals surface area contributed by atoms with Gasteiger partial charge < -0.3 is 0 Å². The van der Waals surface area contributed by atoms with Crippen molar-refractivity contribution < 1.29 is 8.42 Å². The van der Waals surface area contributed by atoms with E-state index in [9.17, 15) is 8.42 Å². The first-order valence-electron chi connectivity index (χ1n) is 2.25. The zero-order valence-corrected chi connectivity index (χ0v) is 7.50. The van der Waals surface area contributed by atoms with E-state index in [1.54, 1.807) is 0 Å². The lowest BCUT2D eigenvalue weighted by atomic mass is 10.5. The Balaban J connectivity index is 3.01. The number of halogens is 2. The first kappa shape index (κ1) is 7.57. The summed E-state index contributed by atoms with van der Waals surface area (Å²) in [6, 6.07) is 0. The Hall–Kier alpha value is 0.460. The lowest BCUT2D eigenvalue weighted by Gasteiger charge is -1.93. The van der Waals surface area contributed by atoms with E-state index in [4.69, 9.17) is 11.6 Å². The van der Waals surface area contributed by atoms with Crippen molar-refractivity contribution in [1.29, 1.82) is 0 Å². The zero-order chi connectivity index (χ0) is 7.07. The van der Waals surface area contributed by atoms with Gasteiger partial charge in [-0.25, -0.2) is 8.42 Å². The van der Waals surface area contributed by atoms with Crippen molar-refractivity contribution in [3.8, 4) is 0 Å². The van der Waals surface area contributed by atoms with Crippen LogP contribution in [-0.4, -0.2) is 19.0 Å². The molecule has 2 nitrogen and oxygen atoms in total. The molecule has 1 aliphatic heterocycles. The number of hydrogen-bond donors (Lipinski definition) is 0. The molecule has 0 spiro atoms. The van der Waals surface area contributed by atoms with Crippen LogP contribution in [-0.2, 0) is 9.84 Å². The number of hydrogen-bond acceptors (Lipinski definition) is 2. The normalized spacial score (nSPS) is 32.2. The summed E-state index contributed by atoms with van der Waals surface area (Å²) in [5, 5.41) is 1.46. The van der Waals surface area contributed by atoms with Gasteiger partial charge in [0.15, 0.2) is 9.84 Å². The van der Waals surface area contributed by atoms with Crippen molar-refractivity contribution in [2.75, 3.05) is 5.75 Å². The molecule has 5 heteroatoms. The van der Waals surface area contributed by atoms with Crippen molar-refractivity contribution in [1.82, 2.24) is 0 Å². The van der Waals surface area contributed by atoms with Crippen LogP contribution in [0.4, 0.5) is 0 Å². The second kappa shape index (κ2) is 2.25. The smallest absolute Gasteiger partial charge is 0.174 e. The van der Waals surface area contributed by atoms with Gasteiger partial charge >= 0.3 is 0 Å². The van der Waals surface area contributed by atoms with Crippen LogP contribution in [0.5, 0.6) is 0 Å². The lowest BCUT2D eigenvalue weighted by molar-refractivity contribution is 0.607. The molecule has 0 saturated carbocycles. The predicted molar refractivity (Wildman–Crippen MR) is 40.4 cm³/mol. The molecule has 0 fully saturated rings. The summed E-state index contributed by atoms with van der Waals surface area (Å²) in [6.07, 6.45) is 0. The second-order valence-electron chi connectivity index (χ2n) is 1.80. The highest BCUT2D eigenvalue weighted by Crippen LogP contribution is 2.26. The molecule has 0 amide bonds. The molecule has 1 atom stereocenters. The molecule has 0 bridgehead atoms. The van der Waals surface area contributed by atoms with E-state index in [-0.39, 0.29) is 10.6 Å². The Kier molecular flexibility index (Phi) is 1.89. The maximum Gasteiger partial charge on any atom is 0.174 e. The quantitative estimate of drug-likeness (QED) is 0.588. The summed E-state index contributed by atoms with van der Waals surface area (Å²) >= 11 is 8.58. The van der Waals surface area contributed by atoms with Crippen molar-refractivity contribution in [3.63, 3.8) is 0 Å². The highest BCUT2D eigenvalue weighted by atomic mass is 79.9. The fraction of sp³-hybridized carbons (Fsp3) is 0.500. The molecule has 1 aliphatic rings. The van der Waals surface area contributed by atoms with Gasteiger partial charge in [0.2, 0.25) is 0 Å². The average Bonchev–Trinajstić information content (AvgIpc) is 1.79. The summed E-state index contributed by atoms with van der Waals surface area (Å²) in [5.41, 5.74) is 0. The van der Waals surface area contributed by atoms with Gasteiger partial charge in [-0.15, -0.1) is 0 Å². The van der Waals surface area contributed by atoms with Gasteiger partial charge in [0.25, 0.3) is 0 Å². The number of allylic oxidation sites excluding steroid dienone is 1. The van der Waals surface area contributed by atoms with Crippen LogP contribution in [0.1, 0.15) is 0 Å². The Morgan fingerprint density at radius 2 is 2.33 bits per heavy atom. The summed E-state index contributed by atoms with van der Waals surface area (Å²) in [6.45, 7) is 0. The summed E-state index contributed by atoms with van der Waals surface area (Å²) in [4.78, 5) is -0.191. The summed E-state index contributed by atoms with van der Waals surface area (Å²) in [5.74, 6) is 0.0891. The van der Waals surface area contributed by atoms with Gasteiger partial charge in [0, 0.05) is 10.4 Å². The maximum atomic E-state index is 10.7. The first-order chi connectivity index (χ1) is 4.01. The molecule has 9 heavy (non-hydrogen) atoms. The number of alkyl halides is 1. The first-order valence-corrected chi connectivity index (χ1v) is 5.26. The molecule has 0 N–H and O–H groups in total. The van der Waals surface area contributed by atoms with Crippen LogP contribution < -0.4 is 0 Å². The second-order valence-corrected chi connectivity index (χ2v) is 5.24. The Morgan fingerprint density at radius 3 is 2.44 bits per heavy atom. The molecule has 0 saturated heterocycles. The van der Waals surface area contributed by atoms with Crippen LogP contribution in [0.2, 0.25) is 0 Å². The highest BCUT2D eigenvalue weighted by Gasteiger charge is 2.25. The number of sulfone groups is 1. The highest BCUT2D eigenvalue weighted by molar-refractivity contribution is 9.09. The molecule has 0 aromatic heterocycles. The molecule has 1 rings (SSSR count). The van der Waals surface area contributed by atoms with Crippen LogP contribution in [0, 0.1) is 0 Å². The van der Waals surface area contributed by atoms with Crippen LogP contribution >= 0.6 is 27.5 Å². The SMILES string of the molecule is O=S1(=O)C=C(Cl)[C@H](Br)C1. The fourth-order valence-corrected chi connectivity index (χ4v) is 3.76. The third-order valence-corrected chi connectivity index (χ3v) is 4.39. The minimum Gasteiger partial charge on any atom is -0.224 e. The van der Waals surface area contributed by atoms with Gasteiger partial charge in [-0.1, -0.05) is 27.5 Å². The molecular weight excluding hydrogens is 227 g/mol. The lowest BCUT2D eigenvalue weighted by Crippen LogP contribution is -2.03. The molecule has 0 aromatic rings. The largest absolute Gasteiger partial charge is 0.224 e. The topological polar surface area (TPSA) is 34.1 Å². The number of rotatable bonds is 0. The molecule has 52 valence electrons. The van der Waals surface area contributed by atoms with E-state index in [0.29, 0.717) is 5.03 Å². The standard InChI is InChI=1S/C4H4BrClO2S/c5-3-1-9(7,8)2-4(3)6/h2-3H,1H2/t3-/m1/s1. The molecule has 1 heterocycles. The van der Waals surface area contributed by atoms with Gasteiger partial charge in [-0.2, -0.15) is 0 Å². The zero-order valence-electron chi connectivity index (χ0n) is 4.34.